The van der Waals surface area contributed by atoms with Gasteiger partial charge >= 0.3 is 0 Å². The summed E-state index contributed by atoms with van der Waals surface area (Å²) in [7, 11) is 0. The number of aldehydes is 1. The summed E-state index contributed by atoms with van der Waals surface area (Å²) in [5.41, 5.74) is 8.22. The van der Waals surface area contributed by atoms with Crippen LogP contribution in [0.4, 0.5) is 5.82 Å². The molecule has 0 aliphatic carbocycles. The number of Topliss-reactive ketones (excluding diaryl/α,β-unsaturated/α-hetero) is 1. The first-order valence-corrected chi connectivity index (χ1v) is 11.6. The van der Waals surface area contributed by atoms with Crippen LogP contribution in [0.25, 0.3) is 22.3 Å². The van der Waals surface area contributed by atoms with E-state index >= 15 is 0 Å². The van der Waals surface area contributed by atoms with Gasteiger partial charge in [0.25, 0.3) is 0 Å². The van der Waals surface area contributed by atoms with Crippen molar-refractivity contribution in [3.8, 4) is 22.8 Å². The summed E-state index contributed by atoms with van der Waals surface area (Å²) in [6.45, 7) is 1.98. The van der Waals surface area contributed by atoms with Crippen LogP contribution in [0.5, 0.6) is 11.5 Å². The Morgan fingerprint density at radius 3 is 2.51 bits per heavy atom. The summed E-state index contributed by atoms with van der Waals surface area (Å²) in [5, 5.41) is 5.45. The molecule has 1 unspecified atom stereocenters. The van der Waals surface area contributed by atoms with Crippen molar-refractivity contribution in [3.05, 3.63) is 73.1 Å². The van der Waals surface area contributed by atoms with Gasteiger partial charge in [-0.05, 0) is 55.3 Å². The van der Waals surface area contributed by atoms with Gasteiger partial charge in [0.2, 0.25) is 0 Å². The third kappa shape index (κ3) is 5.60. The first-order chi connectivity index (χ1) is 17.1. The molecule has 0 saturated heterocycles. The van der Waals surface area contributed by atoms with Crippen molar-refractivity contribution in [2.24, 2.45) is 0 Å². The van der Waals surface area contributed by atoms with Crippen molar-refractivity contribution in [3.63, 3.8) is 0 Å². The number of nitrogens with zero attached hydrogens (tertiary/aromatic N) is 4. The zero-order valence-electron chi connectivity index (χ0n) is 19.5. The molecular weight excluding hydrogens is 442 g/mol. The number of allylic oxidation sites excluding steroid dienone is 2. The predicted octanol–water partition coefficient (Wildman–Crippen LogP) is 5.31. The number of nitrogen functional groups attached to an aromatic ring is 1. The number of anilines is 1. The third-order valence-electron chi connectivity index (χ3n) is 5.60. The average molecular weight is 470 g/mol. The number of rotatable bonds is 11. The molecule has 0 aliphatic heterocycles. The highest BCUT2D eigenvalue weighted by molar-refractivity contribution is 5.98. The molecule has 2 N–H and O–H groups in total. The van der Waals surface area contributed by atoms with E-state index in [1.54, 1.807) is 10.8 Å². The summed E-state index contributed by atoms with van der Waals surface area (Å²) in [5.74, 6) is 1.92. The third-order valence-corrected chi connectivity index (χ3v) is 5.60. The molecule has 1 atom stereocenters. The van der Waals surface area contributed by atoms with Crippen molar-refractivity contribution >= 4 is 28.9 Å². The number of carbonyl (C=O) groups excluding carboxylic acids is 2. The molecule has 0 aliphatic rings. The van der Waals surface area contributed by atoms with Crippen LogP contribution >= 0.6 is 0 Å². The van der Waals surface area contributed by atoms with E-state index in [0.29, 0.717) is 53.8 Å². The number of ether oxygens (including phenoxy) is 1. The van der Waals surface area contributed by atoms with Crippen molar-refractivity contribution < 1.29 is 14.3 Å². The molecule has 2 aromatic heterocycles. The molecule has 0 spiro atoms. The molecule has 8 nitrogen and oxygen atoms in total. The molecule has 0 fully saturated rings. The summed E-state index contributed by atoms with van der Waals surface area (Å²) in [6, 6.07) is 16.7. The fourth-order valence-electron chi connectivity index (χ4n) is 3.92. The van der Waals surface area contributed by atoms with E-state index in [0.717, 1.165) is 17.7 Å². The van der Waals surface area contributed by atoms with Gasteiger partial charge in [-0.15, -0.1) is 0 Å². The van der Waals surface area contributed by atoms with Crippen LogP contribution in [0.15, 0.2) is 73.1 Å². The zero-order chi connectivity index (χ0) is 24.6. The SMILES string of the molecule is CCCC(=O)CCC(/C=C/C=O)n1nc(-c2ccc(Oc3ccccc3)cc2)c2c(N)ncnc21. The summed E-state index contributed by atoms with van der Waals surface area (Å²) in [4.78, 5) is 31.8. The normalized spacial score (nSPS) is 12.1. The van der Waals surface area contributed by atoms with E-state index < -0.39 is 0 Å². The molecule has 2 heterocycles. The van der Waals surface area contributed by atoms with Crippen LogP contribution in [-0.2, 0) is 9.59 Å². The highest BCUT2D eigenvalue weighted by atomic mass is 16.5. The molecule has 0 bridgehead atoms. The van der Waals surface area contributed by atoms with Gasteiger partial charge in [-0.25, -0.2) is 14.6 Å². The Hall–Kier alpha value is -4.33. The number of carbonyl (C=O) groups is 2. The van der Waals surface area contributed by atoms with Crippen LogP contribution in [-0.4, -0.2) is 31.8 Å². The Kier molecular flexibility index (Phi) is 7.62. The lowest BCUT2D eigenvalue weighted by atomic mass is 10.1. The van der Waals surface area contributed by atoms with Gasteiger partial charge < -0.3 is 10.5 Å². The summed E-state index contributed by atoms with van der Waals surface area (Å²) in [6.07, 6.45) is 7.46. The number of ketones is 1. The lowest BCUT2D eigenvalue weighted by Crippen LogP contribution is -2.12. The standard InChI is InChI=1S/C27H27N5O3/c1-2-7-21(34)14-13-20(8-6-17-33)32-27-24(26(28)29-18-30-27)25(31-32)19-11-15-23(16-12-19)35-22-9-4-3-5-10-22/h3-6,8-12,15-18,20H,2,7,13-14H2,1H3,(H2,28,29,30)/b8-6+. The van der Waals surface area contributed by atoms with Gasteiger partial charge in [0.1, 0.15) is 41.4 Å². The van der Waals surface area contributed by atoms with Crippen molar-refractivity contribution in [1.82, 2.24) is 19.7 Å². The number of benzene rings is 2. The number of nitrogens with two attached hydrogens (primary N) is 1. The molecule has 8 heteroatoms. The minimum atomic E-state index is -0.341. The fraction of sp³-hybridized carbons (Fsp3) is 0.222. The largest absolute Gasteiger partial charge is 0.457 e. The molecule has 0 radical (unpaired) electrons. The van der Waals surface area contributed by atoms with E-state index in [2.05, 4.69) is 9.97 Å². The van der Waals surface area contributed by atoms with Gasteiger partial charge in [0.15, 0.2) is 5.65 Å². The number of para-hydroxylation sites is 1. The minimum absolute atomic E-state index is 0.178. The van der Waals surface area contributed by atoms with Crippen LogP contribution in [0.3, 0.4) is 0 Å². The Balaban J connectivity index is 1.70. The Bertz CT molecular complexity index is 1330. The maximum absolute atomic E-state index is 12.2. The van der Waals surface area contributed by atoms with Gasteiger partial charge in [-0.1, -0.05) is 31.2 Å². The number of fused-ring (bicyclic) bond motifs is 1. The molecule has 2 aromatic carbocycles. The van der Waals surface area contributed by atoms with E-state index in [1.165, 1.54) is 12.4 Å². The van der Waals surface area contributed by atoms with Crippen molar-refractivity contribution in [2.45, 2.75) is 38.6 Å². The van der Waals surface area contributed by atoms with E-state index in [4.69, 9.17) is 15.6 Å². The monoisotopic (exact) mass is 469 g/mol. The molecule has 4 rings (SSSR count). The van der Waals surface area contributed by atoms with Gasteiger partial charge in [0.05, 0.1) is 11.4 Å². The predicted molar refractivity (Wildman–Crippen MR) is 135 cm³/mol. The fourth-order valence-corrected chi connectivity index (χ4v) is 3.92. The average Bonchev–Trinajstić information content (AvgIpc) is 3.26. The lowest BCUT2D eigenvalue weighted by Gasteiger charge is -2.14. The molecule has 4 aromatic rings. The van der Waals surface area contributed by atoms with E-state index in [-0.39, 0.29) is 11.8 Å². The van der Waals surface area contributed by atoms with E-state index in [1.807, 2.05) is 61.5 Å². The van der Waals surface area contributed by atoms with Crippen LogP contribution in [0.1, 0.15) is 38.6 Å². The Morgan fingerprint density at radius 2 is 1.80 bits per heavy atom. The smallest absolute Gasteiger partial charge is 0.164 e. The van der Waals surface area contributed by atoms with Gasteiger partial charge in [-0.3, -0.25) is 9.59 Å². The Labute approximate surface area is 203 Å². The second kappa shape index (κ2) is 11.2. The number of aromatic nitrogens is 4. The van der Waals surface area contributed by atoms with Crippen molar-refractivity contribution in [2.75, 3.05) is 5.73 Å². The quantitative estimate of drug-likeness (QED) is 0.234. The van der Waals surface area contributed by atoms with E-state index in [9.17, 15) is 9.59 Å². The first-order valence-electron chi connectivity index (χ1n) is 11.6. The summed E-state index contributed by atoms with van der Waals surface area (Å²) < 4.78 is 7.61. The molecule has 35 heavy (non-hydrogen) atoms. The lowest BCUT2D eigenvalue weighted by molar-refractivity contribution is -0.119. The second-order valence-corrected chi connectivity index (χ2v) is 8.11. The molecular formula is C27H27N5O3. The topological polar surface area (TPSA) is 113 Å². The van der Waals surface area contributed by atoms with Crippen LogP contribution in [0.2, 0.25) is 0 Å². The highest BCUT2D eigenvalue weighted by Gasteiger charge is 2.21. The van der Waals surface area contributed by atoms with Gasteiger partial charge in [0, 0.05) is 18.4 Å². The maximum atomic E-state index is 12.2. The van der Waals surface area contributed by atoms with Crippen molar-refractivity contribution in [1.29, 1.82) is 0 Å². The number of hydrogen-bond acceptors (Lipinski definition) is 7. The maximum Gasteiger partial charge on any atom is 0.164 e. The first kappa shape index (κ1) is 23.8. The minimum Gasteiger partial charge on any atom is -0.457 e. The zero-order valence-corrected chi connectivity index (χ0v) is 19.5. The molecule has 0 saturated carbocycles. The molecule has 178 valence electrons. The highest BCUT2D eigenvalue weighted by Crippen LogP contribution is 2.34. The summed E-state index contributed by atoms with van der Waals surface area (Å²) >= 11 is 0. The van der Waals surface area contributed by atoms with Crippen LogP contribution < -0.4 is 10.5 Å². The van der Waals surface area contributed by atoms with Crippen LogP contribution in [0, 0.1) is 0 Å². The molecule has 0 amide bonds. The Morgan fingerprint density at radius 1 is 1.06 bits per heavy atom. The van der Waals surface area contributed by atoms with Gasteiger partial charge in [-0.2, -0.15) is 5.10 Å². The second-order valence-electron chi connectivity index (χ2n) is 8.11. The number of hydrogen-bond donors (Lipinski definition) is 1.